The predicted molar refractivity (Wildman–Crippen MR) is 107 cm³/mol. The number of nitrogens with zero attached hydrogens (tertiary/aromatic N) is 2. The highest BCUT2D eigenvalue weighted by atomic mass is 35.5. The minimum Gasteiger partial charge on any atom is -0.493 e. The molecule has 5 nitrogen and oxygen atoms in total. The third kappa shape index (κ3) is 4.25. The normalized spacial score (nSPS) is 11.3. The van der Waals surface area contributed by atoms with Crippen LogP contribution in [-0.4, -0.2) is 27.5 Å². The third-order valence-corrected chi connectivity index (χ3v) is 5.12. The van der Waals surface area contributed by atoms with Crippen LogP contribution in [0.1, 0.15) is 42.6 Å². The van der Waals surface area contributed by atoms with Crippen LogP contribution in [0.2, 0.25) is 5.02 Å². The molecule has 0 aliphatic heterocycles. The van der Waals surface area contributed by atoms with Gasteiger partial charge in [-0.1, -0.05) is 44.4 Å². The van der Waals surface area contributed by atoms with Gasteiger partial charge in [-0.2, -0.15) is 5.10 Å². The zero-order valence-electron chi connectivity index (χ0n) is 15.5. The number of ether oxygens (including phenoxy) is 1. The van der Waals surface area contributed by atoms with Gasteiger partial charge < -0.3 is 9.84 Å². The predicted octanol–water partition coefficient (Wildman–Crippen LogP) is 5.25. The molecule has 0 amide bonds. The van der Waals surface area contributed by atoms with Crippen LogP contribution >= 0.6 is 11.6 Å². The lowest BCUT2D eigenvalue weighted by molar-refractivity contribution is 0.0699. The first-order valence-electron chi connectivity index (χ1n) is 9.12. The van der Waals surface area contributed by atoms with E-state index in [-0.39, 0.29) is 5.56 Å². The van der Waals surface area contributed by atoms with E-state index in [2.05, 4.69) is 18.9 Å². The van der Waals surface area contributed by atoms with Crippen LogP contribution in [0.3, 0.4) is 0 Å². The summed E-state index contributed by atoms with van der Waals surface area (Å²) in [4.78, 5) is 11.4. The molecule has 1 aromatic heterocycles. The molecule has 0 spiro atoms. The minimum atomic E-state index is -0.961. The largest absolute Gasteiger partial charge is 0.493 e. The molecular weight excluding hydrogens is 364 g/mol. The summed E-state index contributed by atoms with van der Waals surface area (Å²) in [7, 11) is 0. The fourth-order valence-electron chi connectivity index (χ4n) is 3.12. The molecule has 1 heterocycles. The Labute approximate surface area is 163 Å². The second-order valence-corrected chi connectivity index (χ2v) is 7.03. The van der Waals surface area contributed by atoms with Crippen molar-refractivity contribution in [3.63, 3.8) is 0 Å². The summed E-state index contributed by atoms with van der Waals surface area (Å²) in [5, 5.41) is 15.0. The average Bonchev–Trinajstić information content (AvgIpc) is 3.07. The summed E-state index contributed by atoms with van der Waals surface area (Å²) >= 11 is 6.20. The highest BCUT2D eigenvalue weighted by molar-refractivity contribution is 6.30. The van der Waals surface area contributed by atoms with Crippen molar-refractivity contribution in [1.29, 1.82) is 0 Å². The van der Waals surface area contributed by atoms with Gasteiger partial charge in [0.05, 0.1) is 30.4 Å². The molecule has 142 valence electrons. The maximum atomic E-state index is 11.4. The Morgan fingerprint density at radius 1 is 1.26 bits per heavy atom. The Hall–Kier alpha value is -2.53. The van der Waals surface area contributed by atoms with Crippen molar-refractivity contribution in [3.8, 4) is 5.75 Å². The van der Waals surface area contributed by atoms with Gasteiger partial charge in [0.25, 0.3) is 0 Å². The van der Waals surface area contributed by atoms with E-state index in [1.807, 2.05) is 24.3 Å². The van der Waals surface area contributed by atoms with E-state index in [4.69, 9.17) is 16.3 Å². The first-order valence-corrected chi connectivity index (χ1v) is 9.50. The number of hydrogen-bond acceptors (Lipinski definition) is 3. The van der Waals surface area contributed by atoms with Crippen LogP contribution in [0.5, 0.6) is 5.75 Å². The molecule has 0 aliphatic rings. The zero-order chi connectivity index (χ0) is 19.4. The van der Waals surface area contributed by atoms with E-state index in [0.29, 0.717) is 29.5 Å². The lowest BCUT2D eigenvalue weighted by Gasteiger charge is -2.17. The number of carboxylic acid groups (broad SMARTS) is 1. The van der Waals surface area contributed by atoms with Crippen molar-refractivity contribution in [2.45, 2.75) is 33.2 Å². The Balaban J connectivity index is 1.91. The van der Waals surface area contributed by atoms with E-state index < -0.39 is 5.97 Å². The van der Waals surface area contributed by atoms with E-state index in [1.54, 1.807) is 23.0 Å². The van der Waals surface area contributed by atoms with Crippen molar-refractivity contribution in [3.05, 3.63) is 58.7 Å². The number of carboxylic acids is 1. The van der Waals surface area contributed by atoms with Gasteiger partial charge in [-0.05, 0) is 36.2 Å². The maximum Gasteiger partial charge on any atom is 0.336 e. The third-order valence-electron chi connectivity index (χ3n) is 4.89. The van der Waals surface area contributed by atoms with Crippen LogP contribution in [0.15, 0.2) is 42.6 Å². The number of rotatable bonds is 8. The summed E-state index contributed by atoms with van der Waals surface area (Å²) in [5.74, 6) is 0.332. The number of halogens is 1. The summed E-state index contributed by atoms with van der Waals surface area (Å²) < 4.78 is 7.84. The molecule has 0 saturated heterocycles. The molecule has 0 unspecified atom stereocenters. The van der Waals surface area contributed by atoms with Crippen LogP contribution in [0, 0.1) is 5.92 Å². The van der Waals surface area contributed by atoms with Gasteiger partial charge in [-0.25, -0.2) is 4.79 Å². The number of hydrogen-bond donors (Lipinski definition) is 1. The second kappa shape index (κ2) is 8.44. The highest BCUT2D eigenvalue weighted by Crippen LogP contribution is 2.27. The fourth-order valence-corrected chi connectivity index (χ4v) is 3.32. The summed E-state index contributed by atoms with van der Waals surface area (Å²) in [6.07, 6.45) is 3.73. The van der Waals surface area contributed by atoms with Gasteiger partial charge in [0, 0.05) is 16.0 Å². The molecule has 1 N–H and O–H groups in total. The molecule has 0 atom stereocenters. The molecule has 3 rings (SSSR count). The van der Waals surface area contributed by atoms with Crippen molar-refractivity contribution < 1.29 is 14.6 Å². The lowest BCUT2D eigenvalue weighted by Crippen LogP contribution is -2.12. The van der Waals surface area contributed by atoms with Gasteiger partial charge in [0.1, 0.15) is 5.75 Å². The molecule has 0 fully saturated rings. The Kier molecular flexibility index (Phi) is 6.01. The summed E-state index contributed by atoms with van der Waals surface area (Å²) in [6.45, 7) is 5.43. The number of benzene rings is 2. The average molecular weight is 387 g/mol. The first kappa shape index (κ1) is 19.2. The van der Waals surface area contributed by atoms with Crippen LogP contribution in [0.4, 0.5) is 0 Å². The topological polar surface area (TPSA) is 64.4 Å². The molecule has 0 radical (unpaired) electrons. The van der Waals surface area contributed by atoms with Gasteiger partial charge in [-0.15, -0.1) is 0 Å². The first-order chi connectivity index (χ1) is 13.0. The maximum absolute atomic E-state index is 11.4. The number of aromatic nitrogens is 2. The van der Waals surface area contributed by atoms with Crippen molar-refractivity contribution in [1.82, 2.24) is 9.78 Å². The van der Waals surface area contributed by atoms with Crippen molar-refractivity contribution >= 4 is 28.5 Å². The number of aromatic carboxylic acids is 1. The second-order valence-electron chi connectivity index (χ2n) is 6.59. The smallest absolute Gasteiger partial charge is 0.336 e. The van der Waals surface area contributed by atoms with Crippen LogP contribution < -0.4 is 4.74 Å². The Morgan fingerprint density at radius 2 is 2.04 bits per heavy atom. The standard InChI is InChI=1S/C21H23ClN2O3/c1-3-14(4-2)13-27-20-9-8-16(22)10-15(20)12-24-19-7-5-6-17(21(25)26)18(19)11-23-24/h5-11,14H,3-4,12-13H2,1-2H3,(H,25,26). The van der Waals surface area contributed by atoms with Crippen molar-refractivity contribution in [2.75, 3.05) is 6.61 Å². The number of carbonyl (C=O) groups is 1. The monoisotopic (exact) mass is 386 g/mol. The van der Waals surface area contributed by atoms with E-state index in [0.717, 1.165) is 29.7 Å². The molecule has 0 saturated carbocycles. The van der Waals surface area contributed by atoms with Gasteiger partial charge in [-0.3, -0.25) is 4.68 Å². The Morgan fingerprint density at radius 3 is 2.74 bits per heavy atom. The van der Waals surface area contributed by atoms with E-state index in [1.165, 1.54) is 0 Å². The van der Waals surface area contributed by atoms with Crippen LogP contribution in [-0.2, 0) is 6.54 Å². The Bertz CT molecular complexity index is 948. The summed E-state index contributed by atoms with van der Waals surface area (Å²) in [5.41, 5.74) is 1.93. The lowest BCUT2D eigenvalue weighted by atomic mass is 10.1. The summed E-state index contributed by atoms with van der Waals surface area (Å²) in [6, 6.07) is 10.8. The van der Waals surface area contributed by atoms with Crippen molar-refractivity contribution in [2.24, 2.45) is 5.92 Å². The molecule has 27 heavy (non-hydrogen) atoms. The van der Waals surface area contributed by atoms with Gasteiger partial charge >= 0.3 is 5.97 Å². The van der Waals surface area contributed by atoms with E-state index >= 15 is 0 Å². The van der Waals surface area contributed by atoms with Crippen LogP contribution in [0.25, 0.3) is 10.9 Å². The molecule has 0 aliphatic carbocycles. The highest BCUT2D eigenvalue weighted by Gasteiger charge is 2.14. The zero-order valence-corrected chi connectivity index (χ0v) is 16.2. The quantitative estimate of drug-likeness (QED) is 0.574. The molecule has 3 aromatic rings. The molecule has 2 aromatic carbocycles. The molecule has 6 heteroatoms. The SMILES string of the molecule is CCC(CC)COc1ccc(Cl)cc1Cn1ncc2c(C(=O)O)cccc21. The molecule has 0 bridgehead atoms. The number of fused-ring (bicyclic) bond motifs is 1. The fraction of sp³-hybridized carbons (Fsp3) is 0.333. The van der Waals surface area contributed by atoms with Gasteiger partial charge in [0.2, 0.25) is 0 Å². The van der Waals surface area contributed by atoms with E-state index in [9.17, 15) is 9.90 Å². The molecular formula is C21H23ClN2O3. The van der Waals surface area contributed by atoms with Gasteiger partial charge in [0.15, 0.2) is 0 Å². The minimum absolute atomic E-state index is 0.245.